The summed E-state index contributed by atoms with van der Waals surface area (Å²) in [6.45, 7) is 2.28. The highest BCUT2D eigenvalue weighted by Crippen LogP contribution is 2.12. The molecule has 0 saturated carbocycles. The van der Waals surface area contributed by atoms with Crippen molar-refractivity contribution in [3.05, 3.63) is 35.6 Å². The van der Waals surface area contributed by atoms with Crippen molar-refractivity contribution in [3.63, 3.8) is 0 Å². The Kier molecular flexibility index (Phi) is 5.42. The topological polar surface area (TPSA) is 99.4 Å². The predicted octanol–water partition coefficient (Wildman–Crippen LogP) is 1.15. The molecule has 22 heavy (non-hydrogen) atoms. The summed E-state index contributed by atoms with van der Waals surface area (Å²) in [4.78, 5) is 20.3. The average molecular weight is 306 g/mol. The van der Waals surface area contributed by atoms with Crippen molar-refractivity contribution < 1.29 is 18.8 Å². The van der Waals surface area contributed by atoms with Gasteiger partial charge in [0.15, 0.2) is 5.82 Å². The summed E-state index contributed by atoms with van der Waals surface area (Å²) in [5, 5.41) is 6.60. The van der Waals surface area contributed by atoms with Crippen molar-refractivity contribution in [2.75, 3.05) is 20.8 Å². The second-order valence-electron chi connectivity index (χ2n) is 4.58. The van der Waals surface area contributed by atoms with Crippen LogP contribution in [0.2, 0.25) is 0 Å². The third-order valence-corrected chi connectivity index (χ3v) is 2.94. The Balaban J connectivity index is 1.96. The van der Waals surface area contributed by atoms with Gasteiger partial charge in [0.25, 0.3) is 5.91 Å². The number of ether oxygens (including phenoxy) is 2. The molecule has 1 amide bonds. The lowest BCUT2D eigenvalue weighted by Gasteiger charge is -2.09. The molecule has 0 aromatic carbocycles. The largest absolute Gasteiger partial charge is 0.481 e. The monoisotopic (exact) mass is 306 g/mol. The van der Waals surface area contributed by atoms with Crippen molar-refractivity contribution in [2.45, 2.75) is 19.4 Å². The molecule has 0 saturated heterocycles. The third kappa shape index (κ3) is 4.01. The van der Waals surface area contributed by atoms with E-state index >= 15 is 0 Å². The van der Waals surface area contributed by atoms with E-state index in [0.717, 1.165) is 0 Å². The summed E-state index contributed by atoms with van der Waals surface area (Å²) in [7, 11) is 3.12. The summed E-state index contributed by atoms with van der Waals surface area (Å²) in [6.07, 6.45) is 2.00. The summed E-state index contributed by atoms with van der Waals surface area (Å²) in [5.74, 6) is 1.06. The van der Waals surface area contributed by atoms with Gasteiger partial charge in [-0.2, -0.15) is 4.98 Å². The van der Waals surface area contributed by atoms with E-state index in [0.29, 0.717) is 36.2 Å². The van der Waals surface area contributed by atoms with Crippen LogP contribution in [0.15, 0.2) is 22.9 Å². The molecule has 1 N–H and O–H groups in total. The molecule has 2 heterocycles. The van der Waals surface area contributed by atoms with Gasteiger partial charge in [0.2, 0.25) is 11.8 Å². The van der Waals surface area contributed by atoms with Crippen LogP contribution in [0.5, 0.6) is 5.88 Å². The zero-order valence-electron chi connectivity index (χ0n) is 12.7. The highest BCUT2D eigenvalue weighted by molar-refractivity contribution is 5.94. The third-order valence-electron chi connectivity index (χ3n) is 2.94. The first-order chi connectivity index (χ1) is 10.6. The molecule has 0 aliphatic rings. The minimum atomic E-state index is -0.404. The van der Waals surface area contributed by atoms with Crippen LogP contribution in [0.1, 0.15) is 35.0 Å². The Labute approximate surface area is 127 Å². The molecule has 0 unspecified atom stereocenters. The summed E-state index contributed by atoms with van der Waals surface area (Å²) in [5.41, 5.74) is 0.423. The van der Waals surface area contributed by atoms with Gasteiger partial charge in [-0.25, -0.2) is 4.98 Å². The summed E-state index contributed by atoms with van der Waals surface area (Å²) >= 11 is 0. The van der Waals surface area contributed by atoms with Crippen LogP contribution in [0.4, 0.5) is 0 Å². The van der Waals surface area contributed by atoms with Crippen LogP contribution in [-0.4, -0.2) is 41.9 Å². The lowest BCUT2D eigenvalue weighted by Crippen LogP contribution is -2.27. The number of hydrogen-bond donors (Lipinski definition) is 1. The molecular formula is C14H18N4O4. The van der Waals surface area contributed by atoms with Gasteiger partial charge < -0.3 is 19.3 Å². The highest BCUT2D eigenvalue weighted by atomic mass is 16.5. The molecule has 2 rings (SSSR count). The normalized spacial score (nSPS) is 12.0. The minimum absolute atomic E-state index is 0.278. The molecule has 0 fully saturated rings. The molecule has 118 valence electrons. The first-order valence-corrected chi connectivity index (χ1v) is 6.76. The van der Waals surface area contributed by atoms with E-state index in [9.17, 15) is 4.79 Å². The zero-order valence-corrected chi connectivity index (χ0v) is 12.7. The number of pyridine rings is 1. The van der Waals surface area contributed by atoms with Crippen LogP contribution < -0.4 is 10.1 Å². The number of hydrogen-bond acceptors (Lipinski definition) is 7. The van der Waals surface area contributed by atoms with E-state index in [-0.39, 0.29) is 5.91 Å². The Morgan fingerprint density at radius 3 is 2.86 bits per heavy atom. The Hall–Kier alpha value is -2.48. The fourth-order valence-electron chi connectivity index (χ4n) is 1.72. The maximum Gasteiger partial charge on any atom is 0.253 e. The van der Waals surface area contributed by atoms with E-state index in [1.165, 1.54) is 13.3 Å². The fourth-order valence-corrected chi connectivity index (χ4v) is 1.72. The first-order valence-electron chi connectivity index (χ1n) is 6.76. The molecule has 0 aliphatic carbocycles. The standard InChI is InChI=1S/C14H18N4O4/c1-9(14-17-11(18-22-14)6-7-20-2)16-13(19)10-4-5-12(21-3)15-8-10/h4-5,8-9H,6-7H2,1-3H3,(H,16,19)/t9-/m0/s1. The maximum atomic E-state index is 12.1. The average Bonchev–Trinajstić information content (AvgIpc) is 3.02. The van der Waals surface area contributed by atoms with Gasteiger partial charge >= 0.3 is 0 Å². The van der Waals surface area contributed by atoms with E-state index in [2.05, 4.69) is 20.4 Å². The first kappa shape index (κ1) is 15.9. The number of carbonyl (C=O) groups is 1. The Morgan fingerprint density at radius 1 is 1.41 bits per heavy atom. The molecule has 2 aromatic rings. The van der Waals surface area contributed by atoms with E-state index in [4.69, 9.17) is 14.0 Å². The van der Waals surface area contributed by atoms with Crippen molar-refractivity contribution in [1.29, 1.82) is 0 Å². The predicted molar refractivity (Wildman–Crippen MR) is 76.5 cm³/mol. The van der Waals surface area contributed by atoms with Gasteiger partial charge in [0.05, 0.1) is 19.3 Å². The van der Waals surface area contributed by atoms with Gasteiger partial charge in [-0.3, -0.25) is 4.79 Å². The number of carbonyl (C=O) groups excluding carboxylic acids is 1. The number of nitrogens with one attached hydrogen (secondary N) is 1. The van der Waals surface area contributed by atoms with Crippen LogP contribution in [0, 0.1) is 0 Å². The van der Waals surface area contributed by atoms with Crippen molar-refractivity contribution in [1.82, 2.24) is 20.4 Å². The van der Waals surface area contributed by atoms with Crippen molar-refractivity contribution >= 4 is 5.91 Å². The van der Waals surface area contributed by atoms with Crippen LogP contribution >= 0.6 is 0 Å². The summed E-state index contributed by atoms with van der Waals surface area (Å²) < 4.78 is 15.0. The van der Waals surface area contributed by atoms with Gasteiger partial charge in [0, 0.05) is 25.8 Å². The molecule has 0 aliphatic heterocycles. The van der Waals surface area contributed by atoms with Gasteiger partial charge in [-0.1, -0.05) is 5.16 Å². The maximum absolute atomic E-state index is 12.1. The molecule has 0 spiro atoms. The van der Waals surface area contributed by atoms with Gasteiger partial charge in [0.1, 0.15) is 6.04 Å². The van der Waals surface area contributed by atoms with Gasteiger partial charge in [-0.15, -0.1) is 0 Å². The number of nitrogens with zero attached hydrogens (tertiary/aromatic N) is 3. The van der Waals surface area contributed by atoms with E-state index in [1.54, 1.807) is 26.2 Å². The quantitative estimate of drug-likeness (QED) is 0.819. The summed E-state index contributed by atoms with van der Waals surface area (Å²) in [6, 6.07) is 2.85. The lowest BCUT2D eigenvalue weighted by atomic mass is 10.2. The van der Waals surface area contributed by atoms with Crippen LogP contribution in [-0.2, 0) is 11.2 Å². The fraction of sp³-hybridized carbons (Fsp3) is 0.429. The Morgan fingerprint density at radius 2 is 2.23 bits per heavy atom. The second-order valence-corrected chi connectivity index (χ2v) is 4.58. The molecule has 2 aromatic heterocycles. The minimum Gasteiger partial charge on any atom is -0.481 e. The zero-order chi connectivity index (χ0) is 15.9. The molecule has 8 nitrogen and oxygen atoms in total. The number of rotatable bonds is 7. The van der Waals surface area contributed by atoms with Crippen molar-refractivity contribution in [2.24, 2.45) is 0 Å². The van der Waals surface area contributed by atoms with E-state index in [1.807, 2.05) is 0 Å². The molecule has 8 heteroatoms. The lowest BCUT2D eigenvalue weighted by molar-refractivity contribution is 0.0932. The number of methoxy groups -OCH3 is 2. The van der Waals surface area contributed by atoms with Gasteiger partial charge in [-0.05, 0) is 13.0 Å². The SMILES string of the molecule is COCCc1noc([C@H](C)NC(=O)c2ccc(OC)nc2)n1. The van der Waals surface area contributed by atoms with Crippen LogP contribution in [0.25, 0.3) is 0 Å². The van der Waals surface area contributed by atoms with Crippen LogP contribution in [0.3, 0.4) is 0 Å². The number of amides is 1. The smallest absolute Gasteiger partial charge is 0.253 e. The second kappa shape index (κ2) is 7.51. The van der Waals surface area contributed by atoms with Crippen molar-refractivity contribution in [3.8, 4) is 5.88 Å². The molecule has 1 atom stereocenters. The number of aromatic nitrogens is 3. The molecular weight excluding hydrogens is 288 g/mol. The Bertz CT molecular complexity index is 612. The highest BCUT2D eigenvalue weighted by Gasteiger charge is 2.17. The molecule has 0 bridgehead atoms. The molecule has 0 radical (unpaired) electrons. The van der Waals surface area contributed by atoms with E-state index < -0.39 is 6.04 Å².